The van der Waals surface area contributed by atoms with Gasteiger partial charge in [0.15, 0.2) is 22.5 Å². The summed E-state index contributed by atoms with van der Waals surface area (Å²) in [6, 6.07) is 1.74. The maximum absolute atomic E-state index is 14.6. The van der Waals surface area contributed by atoms with Gasteiger partial charge in [0, 0.05) is 57.0 Å². The van der Waals surface area contributed by atoms with Crippen LogP contribution in [0.2, 0.25) is 30.7 Å². The molecule has 268 valence electrons. The van der Waals surface area contributed by atoms with Crippen LogP contribution in [0.1, 0.15) is 62.1 Å². The summed E-state index contributed by atoms with van der Waals surface area (Å²) in [5, 5.41) is 11.6. The quantitative estimate of drug-likeness (QED) is 0.161. The van der Waals surface area contributed by atoms with E-state index in [1.54, 1.807) is 23.5 Å². The van der Waals surface area contributed by atoms with Crippen molar-refractivity contribution in [3.8, 4) is 0 Å². The van der Waals surface area contributed by atoms with Crippen LogP contribution < -0.4 is 0 Å². The van der Waals surface area contributed by atoms with E-state index in [4.69, 9.17) is 16.3 Å². The number of carboxylic acid groups (broad SMARTS) is 1. The van der Waals surface area contributed by atoms with Crippen LogP contribution in [-0.4, -0.2) is 85.6 Å². The van der Waals surface area contributed by atoms with E-state index in [-0.39, 0.29) is 36.1 Å². The lowest BCUT2D eigenvalue weighted by molar-refractivity contribution is -0.156. The molecule has 10 nitrogen and oxygen atoms in total. The third-order valence-electron chi connectivity index (χ3n) is 9.93. The molecule has 2 aromatic rings. The number of sulfonamides is 1. The molecular weight excluding hydrogens is 714 g/mol. The molecule has 0 spiro atoms. The molecule has 0 radical (unpaired) electrons. The molecule has 1 aromatic carbocycles. The number of allylic oxidation sites excluding steroid dienone is 1. The van der Waals surface area contributed by atoms with E-state index in [9.17, 15) is 31.9 Å². The molecule has 5 rings (SSSR count). The highest BCUT2D eigenvalue weighted by atomic mass is 35.5. The van der Waals surface area contributed by atoms with E-state index in [0.717, 1.165) is 12.1 Å². The molecule has 16 heteroatoms. The number of hydrogen-bond donors (Lipinski definition) is 1. The summed E-state index contributed by atoms with van der Waals surface area (Å²) >= 11 is 7.53. The Hall–Kier alpha value is -2.72. The first-order chi connectivity index (χ1) is 22.9. The van der Waals surface area contributed by atoms with Gasteiger partial charge in [-0.3, -0.25) is 9.79 Å². The van der Waals surface area contributed by atoms with E-state index in [1.807, 2.05) is 6.92 Å². The monoisotopic (exact) mass is 756 g/mol. The third-order valence-corrected chi connectivity index (χ3v) is 15.2. The van der Waals surface area contributed by atoms with Gasteiger partial charge in [-0.2, -0.15) is 0 Å². The normalized spacial score (nSPS) is 24.6. The van der Waals surface area contributed by atoms with Crippen LogP contribution in [0.3, 0.4) is 0 Å². The van der Waals surface area contributed by atoms with E-state index in [1.165, 1.54) is 21.7 Å². The average Bonchev–Trinajstić information content (AvgIpc) is 3.58. The van der Waals surface area contributed by atoms with E-state index in [0.29, 0.717) is 61.7 Å². The standard InChI is InChI=1S/C33H43ClF2N4O6S2Si/c1-33(32(43)46-17-19-49(3,4)5)12-8-21(9-13-33)48(44,45)40-15-10-20(11-16-40)28-24(31(41)42)27(22-6-7-23(35)26(36)25(22)34)38-29(39(28)2)30-37-14-18-47-30/h6-7,14,18,20-21,27H,8-13,15-17,19H2,1-5H3,(H,41,42). The highest BCUT2D eigenvalue weighted by molar-refractivity contribution is 7.89. The largest absolute Gasteiger partial charge is 0.478 e. The second kappa shape index (κ2) is 14.5. The molecule has 0 amide bonds. The zero-order valence-corrected chi connectivity index (χ0v) is 31.7. The Kier molecular flexibility index (Phi) is 11.1. The number of hydrogen-bond acceptors (Lipinski definition) is 9. The summed E-state index contributed by atoms with van der Waals surface area (Å²) in [4.78, 5) is 36.5. The van der Waals surface area contributed by atoms with Crippen molar-refractivity contribution in [1.29, 1.82) is 0 Å². The predicted octanol–water partition coefficient (Wildman–Crippen LogP) is 6.72. The fourth-order valence-corrected chi connectivity index (χ4v) is 10.5. The number of carboxylic acids is 1. The number of halogens is 3. The SMILES string of the molecule is CN1C(c2nccs2)=NC(c2ccc(F)c(F)c2Cl)C(C(=O)O)=C1C1CCN(S(=O)(=O)C2CCC(C)(C(=O)OCC[Si](C)(C)C)CC2)CC1. The summed E-state index contributed by atoms with van der Waals surface area (Å²) in [6.07, 6.45) is 3.78. The van der Waals surface area contributed by atoms with Gasteiger partial charge < -0.3 is 14.7 Å². The molecule has 1 saturated heterocycles. The van der Waals surface area contributed by atoms with E-state index in [2.05, 4.69) is 29.6 Å². The van der Waals surface area contributed by atoms with E-state index < -0.39 is 57.4 Å². The number of carbonyl (C=O) groups is 2. The van der Waals surface area contributed by atoms with Crippen LogP contribution in [0.15, 0.2) is 40.0 Å². The molecular formula is C33H43ClF2N4O6S2Si. The number of aliphatic carboxylic acids is 1. The lowest BCUT2D eigenvalue weighted by atomic mass is 9.75. The Bertz CT molecular complexity index is 1750. The van der Waals surface area contributed by atoms with Crippen LogP contribution in [0, 0.1) is 23.0 Å². The number of rotatable bonds is 10. The molecule has 1 atom stereocenters. The lowest BCUT2D eigenvalue weighted by Crippen LogP contribution is -2.48. The molecule has 1 saturated carbocycles. The van der Waals surface area contributed by atoms with Gasteiger partial charge in [0.05, 0.1) is 27.9 Å². The number of aromatic nitrogens is 1. The van der Waals surface area contributed by atoms with Gasteiger partial charge in [-0.1, -0.05) is 37.3 Å². The zero-order chi connectivity index (χ0) is 35.9. The highest BCUT2D eigenvalue weighted by Crippen LogP contribution is 2.44. The number of carbonyl (C=O) groups excluding carboxylic acids is 1. The maximum Gasteiger partial charge on any atom is 0.335 e. The minimum absolute atomic E-state index is 0.00173. The predicted molar refractivity (Wildman–Crippen MR) is 188 cm³/mol. The molecule has 49 heavy (non-hydrogen) atoms. The molecule has 1 unspecified atom stereocenters. The van der Waals surface area contributed by atoms with Crippen LogP contribution in [0.4, 0.5) is 8.78 Å². The molecule has 3 heterocycles. The highest BCUT2D eigenvalue weighted by Gasteiger charge is 2.46. The smallest absolute Gasteiger partial charge is 0.335 e. The maximum atomic E-state index is 14.6. The lowest BCUT2D eigenvalue weighted by Gasteiger charge is -2.41. The minimum Gasteiger partial charge on any atom is -0.478 e. The second-order valence-corrected chi connectivity index (χ2v) is 23.7. The Labute approximate surface area is 296 Å². The fraction of sp³-hybridized carbons (Fsp3) is 0.576. The summed E-state index contributed by atoms with van der Waals surface area (Å²) in [6.45, 7) is 9.24. The number of esters is 1. The van der Waals surface area contributed by atoms with Gasteiger partial charge in [-0.05, 0) is 57.6 Å². The molecule has 1 N–H and O–H groups in total. The van der Waals surface area contributed by atoms with Crippen molar-refractivity contribution in [3.63, 3.8) is 0 Å². The number of benzene rings is 1. The number of thiazole rings is 1. The number of nitrogens with zero attached hydrogens (tertiary/aromatic N) is 4. The van der Waals surface area contributed by atoms with Crippen molar-refractivity contribution in [3.05, 3.63) is 62.2 Å². The van der Waals surface area contributed by atoms with Gasteiger partial charge in [0.25, 0.3) is 0 Å². The summed E-state index contributed by atoms with van der Waals surface area (Å²) in [5.41, 5.74) is -0.452. The second-order valence-electron chi connectivity index (χ2n) is 14.5. The van der Waals surface area contributed by atoms with Crippen molar-refractivity contribution < 1.29 is 36.6 Å². The van der Waals surface area contributed by atoms with Crippen LogP contribution in [0.5, 0.6) is 0 Å². The van der Waals surface area contributed by atoms with Gasteiger partial charge in [-0.25, -0.2) is 31.3 Å². The summed E-state index contributed by atoms with van der Waals surface area (Å²) in [5.74, 6) is -4.06. The summed E-state index contributed by atoms with van der Waals surface area (Å²) in [7, 11) is -3.38. The van der Waals surface area contributed by atoms with Gasteiger partial charge >= 0.3 is 11.9 Å². The van der Waals surface area contributed by atoms with Crippen LogP contribution >= 0.6 is 22.9 Å². The van der Waals surface area contributed by atoms with Crippen molar-refractivity contribution >= 4 is 58.8 Å². The number of amidine groups is 1. The van der Waals surface area contributed by atoms with E-state index >= 15 is 0 Å². The van der Waals surface area contributed by atoms with Gasteiger partial charge in [-0.15, -0.1) is 11.3 Å². The van der Waals surface area contributed by atoms with Gasteiger partial charge in [0.2, 0.25) is 10.0 Å². The molecule has 0 bridgehead atoms. The van der Waals surface area contributed by atoms with Crippen LogP contribution in [0.25, 0.3) is 0 Å². The van der Waals surface area contributed by atoms with Crippen LogP contribution in [-0.2, 0) is 24.3 Å². The minimum atomic E-state index is -3.70. The van der Waals surface area contributed by atoms with Crippen molar-refractivity contribution in [2.75, 3.05) is 26.7 Å². The summed E-state index contributed by atoms with van der Waals surface area (Å²) < 4.78 is 63.5. The molecule has 1 aromatic heterocycles. The number of aliphatic imine (C=N–C) groups is 1. The van der Waals surface area contributed by atoms with Crippen molar-refractivity contribution in [2.24, 2.45) is 16.3 Å². The first-order valence-corrected chi connectivity index (χ1v) is 22.9. The molecule has 1 aliphatic carbocycles. The topological polar surface area (TPSA) is 129 Å². The van der Waals surface area contributed by atoms with Gasteiger partial charge in [0.1, 0.15) is 6.04 Å². The fourth-order valence-electron chi connectivity index (χ4n) is 6.89. The van der Waals surface area contributed by atoms with Crippen molar-refractivity contribution in [2.45, 2.75) is 82.4 Å². The Balaban J connectivity index is 1.34. The first-order valence-electron chi connectivity index (χ1n) is 16.4. The Morgan fingerprint density at radius 1 is 1.14 bits per heavy atom. The number of piperidine rings is 1. The molecule has 2 fully saturated rings. The Morgan fingerprint density at radius 2 is 1.80 bits per heavy atom. The average molecular weight is 757 g/mol. The first kappa shape index (κ1) is 37.5. The molecule has 3 aliphatic rings. The Morgan fingerprint density at radius 3 is 2.37 bits per heavy atom. The van der Waals surface area contributed by atoms with Crippen molar-refractivity contribution in [1.82, 2.24) is 14.2 Å². The zero-order valence-electron chi connectivity index (χ0n) is 28.3. The molecule has 2 aliphatic heterocycles. The third kappa shape index (κ3) is 7.80. The number of ether oxygens (including phenoxy) is 1.